The van der Waals surface area contributed by atoms with E-state index in [0.717, 1.165) is 0 Å². The third-order valence-corrected chi connectivity index (χ3v) is 3.55. The summed E-state index contributed by atoms with van der Waals surface area (Å²) in [5.74, 6) is -0.489. The minimum atomic E-state index is -0.568. The number of nitrogens with one attached hydrogen (secondary N) is 2. The van der Waals surface area contributed by atoms with Gasteiger partial charge in [0, 0.05) is 36.2 Å². The maximum Gasteiger partial charge on any atom is 0.271 e. The summed E-state index contributed by atoms with van der Waals surface area (Å²) in [4.78, 5) is 33.8. The summed E-state index contributed by atoms with van der Waals surface area (Å²) in [7, 11) is 1.48. The van der Waals surface area contributed by atoms with Crippen LogP contribution in [-0.2, 0) is 9.59 Å². The third-order valence-electron chi connectivity index (χ3n) is 3.55. The molecule has 0 heterocycles. The molecule has 0 saturated carbocycles. The minimum Gasteiger partial charge on any atom is -0.507 e. The molecule has 3 N–H and O–H groups in total. The maximum atomic E-state index is 11.9. The molecule has 0 aliphatic heterocycles. The van der Waals surface area contributed by atoms with Crippen molar-refractivity contribution in [3.63, 3.8) is 0 Å². The van der Waals surface area contributed by atoms with Crippen LogP contribution in [0.3, 0.4) is 0 Å². The Morgan fingerprint density at radius 2 is 1.96 bits per heavy atom. The molecule has 0 unspecified atom stereocenters. The fourth-order valence-corrected chi connectivity index (χ4v) is 2.14. The van der Waals surface area contributed by atoms with E-state index in [1.807, 2.05) is 0 Å². The van der Waals surface area contributed by atoms with E-state index in [0.29, 0.717) is 11.3 Å². The normalized spacial score (nSPS) is 10.5. The number of amides is 2. The van der Waals surface area contributed by atoms with Gasteiger partial charge in [-0.1, -0.05) is 6.07 Å². The Morgan fingerprint density at radius 1 is 1.21 bits per heavy atom. The van der Waals surface area contributed by atoms with E-state index in [1.54, 1.807) is 6.07 Å². The van der Waals surface area contributed by atoms with Crippen molar-refractivity contribution in [2.75, 3.05) is 12.4 Å². The van der Waals surface area contributed by atoms with Gasteiger partial charge in [-0.3, -0.25) is 19.7 Å². The molecule has 2 aromatic carbocycles. The van der Waals surface area contributed by atoms with Crippen molar-refractivity contribution in [2.24, 2.45) is 5.10 Å². The second-order valence-electron chi connectivity index (χ2n) is 5.57. The average molecular weight is 386 g/mol. The van der Waals surface area contributed by atoms with E-state index in [4.69, 9.17) is 4.74 Å². The molecule has 10 heteroatoms. The second kappa shape index (κ2) is 9.67. The van der Waals surface area contributed by atoms with Crippen LogP contribution in [0.4, 0.5) is 11.4 Å². The van der Waals surface area contributed by atoms with E-state index >= 15 is 0 Å². The van der Waals surface area contributed by atoms with Crippen LogP contribution in [0, 0.1) is 10.1 Å². The van der Waals surface area contributed by atoms with E-state index < -0.39 is 16.7 Å². The summed E-state index contributed by atoms with van der Waals surface area (Å²) < 4.78 is 5.03. The third kappa shape index (κ3) is 6.09. The van der Waals surface area contributed by atoms with Crippen LogP contribution in [0.15, 0.2) is 47.6 Å². The van der Waals surface area contributed by atoms with E-state index in [2.05, 4.69) is 15.8 Å². The number of nitro benzene ring substituents is 1. The molecule has 0 atom stereocenters. The molecule has 10 nitrogen and oxygen atoms in total. The quantitative estimate of drug-likeness (QED) is 0.360. The molecule has 146 valence electrons. The van der Waals surface area contributed by atoms with Gasteiger partial charge >= 0.3 is 0 Å². The number of phenolic OH excluding ortho intramolecular Hbond substituents is 1. The molecule has 2 amide bonds. The zero-order valence-corrected chi connectivity index (χ0v) is 14.9. The highest BCUT2D eigenvalue weighted by Crippen LogP contribution is 2.21. The standard InChI is InChI=1S/C18H18N4O6/c1-28-15-5-6-16(23)12(9-15)11-19-21-18(25)8-7-17(24)20-13-3-2-4-14(10-13)22(26)27/h2-6,9-11,23H,7-8H2,1H3,(H,20,24)(H,21,25). The number of hydrazone groups is 1. The summed E-state index contributed by atoms with van der Waals surface area (Å²) in [5, 5.41) is 26.6. The molecule has 0 aliphatic carbocycles. The number of rotatable bonds is 8. The number of methoxy groups -OCH3 is 1. The van der Waals surface area contributed by atoms with Gasteiger partial charge in [0.15, 0.2) is 0 Å². The zero-order chi connectivity index (χ0) is 20.5. The molecule has 0 aromatic heterocycles. The van der Waals surface area contributed by atoms with Crippen LogP contribution >= 0.6 is 0 Å². The average Bonchev–Trinajstić information content (AvgIpc) is 2.68. The largest absolute Gasteiger partial charge is 0.507 e. The second-order valence-corrected chi connectivity index (χ2v) is 5.57. The van der Waals surface area contributed by atoms with Crippen LogP contribution in [0.2, 0.25) is 0 Å². The van der Waals surface area contributed by atoms with Crippen LogP contribution < -0.4 is 15.5 Å². The van der Waals surface area contributed by atoms with Crippen molar-refractivity contribution in [2.45, 2.75) is 12.8 Å². The van der Waals surface area contributed by atoms with Crippen molar-refractivity contribution >= 4 is 29.4 Å². The van der Waals surface area contributed by atoms with Gasteiger partial charge in [0.05, 0.1) is 18.2 Å². The summed E-state index contributed by atoms with van der Waals surface area (Å²) in [6.45, 7) is 0. The van der Waals surface area contributed by atoms with Crippen LogP contribution in [0.5, 0.6) is 11.5 Å². The van der Waals surface area contributed by atoms with Gasteiger partial charge < -0.3 is 15.2 Å². The van der Waals surface area contributed by atoms with Crippen molar-refractivity contribution in [3.8, 4) is 11.5 Å². The molecule has 0 aliphatic rings. The Bertz CT molecular complexity index is 913. The smallest absolute Gasteiger partial charge is 0.271 e. The topological polar surface area (TPSA) is 143 Å². The van der Waals surface area contributed by atoms with E-state index in [-0.39, 0.29) is 30.0 Å². The first kappa shape index (κ1) is 20.4. The van der Waals surface area contributed by atoms with Gasteiger partial charge in [-0.25, -0.2) is 5.43 Å². The lowest BCUT2D eigenvalue weighted by atomic mass is 10.2. The fraction of sp³-hybridized carbons (Fsp3) is 0.167. The first-order chi connectivity index (χ1) is 13.4. The molecule has 28 heavy (non-hydrogen) atoms. The minimum absolute atomic E-state index is 0.0323. The van der Waals surface area contributed by atoms with Crippen molar-refractivity contribution in [3.05, 3.63) is 58.1 Å². The van der Waals surface area contributed by atoms with Gasteiger partial charge in [0.25, 0.3) is 5.69 Å². The Morgan fingerprint density at radius 3 is 2.68 bits per heavy atom. The van der Waals surface area contributed by atoms with Gasteiger partial charge in [-0.15, -0.1) is 0 Å². The number of carbonyl (C=O) groups is 2. The van der Waals surface area contributed by atoms with E-state index in [9.17, 15) is 24.8 Å². The number of non-ortho nitro benzene ring substituents is 1. The number of hydrogen-bond donors (Lipinski definition) is 3. The Balaban J connectivity index is 1.81. The van der Waals surface area contributed by atoms with Crippen LogP contribution in [0.25, 0.3) is 0 Å². The SMILES string of the molecule is COc1ccc(O)c(C=NNC(=O)CCC(=O)Nc2cccc([N+](=O)[O-])c2)c1. The number of ether oxygens (including phenoxy) is 1. The highest BCUT2D eigenvalue weighted by atomic mass is 16.6. The lowest BCUT2D eigenvalue weighted by Crippen LogP contribution is -2.20. The fourth-order valence-electron chi connectivity index (χ4n) is 2.14. The maximum absolute atomic E-state index is 11.9. The van der Waals surface area contributed by atoms with Gasteiger partial charge in [0.1, 0.15) is 11.5 Å². The summed E-state index contributed by atoms with van der Waals surface area (Å²) in [6, 6.07) is 10.0. The highest BCUT2D eigenvalue weighted by Gasteiger charge is 2.10. The van der Waals surface area contributed by atoms with Gasteiger partial charge in [-0.2, -0.15) is 5.10 Å². The van der Waals surface area contributed by atoms with Crippen molar-refractivity contribution < 1.29 is 24.4 Å². The highest BCUT2D eigenvalue weighted by molar-refractivity contribution is 5.93. The first-order valence-corrected chi connectivity index (χ1v) is 8.12. The molecule has 0 bridgehead atoms. The number of carbonyl (C=O) groups excluding carboxylic acids is 2. The molecule has 2 rings (SSSR count). The number of nitrogens with zero attached hydrogens (tertiary/aromatic N) is 2. The van der Waals surface area contributed by atoms with Crippen molar-refractivity contribution in [1.82, 2.24) is 5.43 Å². The monoisotopic (exact) mass is 386 g/mol. The number of hydrogen-bond acceptors (Lipinski definition) is 7. The summed E-state index contributed by atoms with van der Waals surface area (Å²) in [5.41, 5.74) is 2.72. The van der Waals surface area contributed by atoms with Crippen molar-refractivity contribution in [1.29, 1.82) is 0 Å². The van der Waals surface area contributed by atoms with E-state index in [1.165, 1.54) is 49.7 Å². The Kier molecular flexibility index (Phi) is 7.03. The predicted octanol–water partition coefficient (Wildman–Crippen LogP) is 2.18. The first-order valence-electron chi connectivity index (χ1n) is 8.12. The number of aromatic hydroxyl groups is 1. The van der Waals surface area contributed by atoms with Gasteiger partial charge in [-0.05, 0) is 24.3 Å². The zero-order valence-electron chi connectivity index (χ0n) is 14.9. The lowest BCUT2D eigenvalue weighted by Gasteiger charge is -2.05. The van der Waals surface area contributed by atoms with Gasteiger partial charge in [0.2, 0.25) is 11.8 Å². The lowest BCUT2D eigenvalue weighted by molar-refractivity contribution is -0.384. The number of benzene rings is 2. The Hall–Kier alpha value is -3.95. The number of phenols is 1. The van der Waals surface area contributed by atoms with Crippen LogP contribution in [-0.4, -0.2) is 35.2 Å². The Labute approximate surface area is 160 Å². The number of nitro groups is 1. The van der Waals surface area contributed by atoms with Crippen LogP contribution in [0.1, 0.15) is 18.4 Å². The summed E-state index contributed by atoms with van der Waals surface area (Å²) in [6.07, 6.45) is 0.982. The summed E-state index contributed by atoms with van der Waals surface area (Å²) >= 11 is 0. The molecule has 0 spiro atoms. The number of anilines is 1. The molecule has 0 fully saturated rings. The molecular weight excluding hydrogens is 368 g/mol. The molecule has 0 saturated heterocycles. The molecule has 2 aromatic rings. The molecular formula is C18H18N4O6. The molecule has 0 radical (unpaired) electrons. The predicted molar refractivity (Wildman–Crippen MR) is 101 cm³/mol.